The summed E-state index contributed by atoms with van der Waals surface area (Å²) in [5, 5.41) is 0. The molecule has 0 atom stereocenters. The van der Waals surface area contributed by atoms with Gasteiger partial charge in [0.15, 0.2) is 0 Å². The highest BCUT2D eigenvalue weighted by Gasteiger charge is 2.04. The molecule has 0 fully saturated rings. The number of pyridine rings is 1. The molecule has 0 saturated heterocycles. The SMILES string of the molecule is CCCc1ccc(-c2ccnc(C)c2C)cc1. The Kier molecular flexibility index (Phi) is 3.58. The molecule has 0 bridgehead atoms. The average molecular weight is 225 g/mol. The van der Waals surface area contributed by atoms with Crippen LogP contribution in [0.3, 0.4) is 0 Å². The van der Waals surface area contributed by atoms with Gasteiger partial charge in [0.25, 0.3) is 0 Å². The Bertz CT molecular complexity index is 497. The van der Waals surface area contributed by atoms with E-state index in [4.69, 9.17) is 0 Å². The number of hydrogen-bond donors (Lipinski definition) is 0. The second-order valence-corrected chi connectivity index (χ2v) is 4.52. The molecule has 17 heavy (non-hydrogen) atoms. The number of aryl methyl sites for hydroxylation is 2. The summed E-state index contributed by atoms with van der Waals surface area (Å²) >= 11 is 0. The third kappa shape index (κ3) is 2.55. The molecule has 0 aliphatic rings. The van der Waals surface area contributed by atoms with E-state index < -0.39 is 0 Å². The second-order valence-electron chi connectivity index (χ2n) is 4.52. The van der Waals surface area contributed by atoms with Gasteiger partial charge in [0, 0.05) is 11.9 Å². The van der Waals surface area contributed by atoms with Crippen LogP contribution in [0.4, 0.5) is 0 Å². The molecule has 2 rings (SSSR count). The summed E-state index contributed by atoms with van der Waals surface area (Å²) in [5.41, 5.74) is 6.38. The van der Waals surface area contributed by atoms with Crippen LogP contribution in [0.15, 0.2) is 36.5 Å². The highest BCUT2D eigenvalue weighted by molar-refractivity contribution is 5.67. The normalized spacial score (nSPS) is 10.5. The summed E-state index contributed by atoms with van der Waals surface area (Å²) in [6, 6.07) is 11.0. The standard InChI is InChI=1S/C16H19N/c1-4-5-14-6-8-15(9-7-14)16-10-11-17-13(3)12(16)2/h6-11H,4-5H2,1-3H3. The van der Waals surface area contributed by atoms with E-state index in [2.05, 4.69) is 56.1 Å². The smallest absolute Gasteiger partial charge is 0.0407 e. The molecule has 1 heteroatoms. The van der Waals surface area contributed by atoms with Gasteiger partial charge in [-0.2, -0.15) is 0 Å². The van der Waals surface area contributed by atoms with Crippen molar-refractivity contribution in [3.05, 3.63) is 53.3 Å². The van der Waals surface area contributed by atoms with Gasteiger partial charge in [-0.3, -0.25) is 4.98 Å². The minimum atomic E-state index is 1.11. The van der Waals surface area contributed by atoms with Crippen molar-refractivity contribution < 1.29 is 0 Å². The fourth-order valence-electron chi connectivity index (χ4n) is 2.09. The number of hydrogen-bond acceptors (Lipinski definition) is 1. The largest absolute Gasteiger partial charge is 0.261 e. The van der Waals surface area contributed by atoms with Crippen molar-refractivity contribution in [1.82, 2.24) is 4.98 Å². The van der Waals surface area contributed by atoms with Gasteiger partial charge in [-0.1, -0.05) is 37.6 Å². The number of rotatable bonds is 3. The third-order valence-electron chi connectivity index (χ3n) is 3.26. The fraction of sp³-hybridized carbons (Fsp3) is 0.312. The minimum absolute atomic E-state index is 1.11. The van der Waals surface area contributed by atoms with Gasteiger partial charge in [-0.25, -0.2) is 0 Å². The lowest BCUT2D eigenvalue weighted by Gasteiger charge is -2.08. The Morgan fingerprint density at radius 3 is 2.35 bits per heavy atom. The maximum Gasteiger partial charge on any atom is 0.0407 e. The van der Waals surface area contributed by atoms with Crippen molar-refractivity contribution in [2.75, 3.05) is 0 Å². The highest BCUT2D eigenvalue weighted by Crippen LogP contribution is 2.24. The zero-order chi connectivity index (χ0) is 12.3. The first-order valence-electron chi connectivity index (χ1n) is 6.24. The van der Waals surface area contributed by atoms with Crippen molar-refractivity contribution in [3.63, 3.8) is 0 Å². The Morgan fingerprint density at radius 2 is 1.71 bits per heavy atom. The molecule has 1 heterocycles. The van der Waals surface area contributed by atoms with Crippen LogP contribution in [0.2, 0.25) is 0 Å². The summed E-state index contributed by atoms with van der Waals surface area (Å²) in [6.45, 7) is 6.41. The molecule has 1 aromatic heterocycles. The van der Waals surface area contributed by atoms with Crippen molar-refractivity contribution in [1.29, 1.82) is 0 Å². The van der Waals surface area contributed by atoms with Crippen LogP contribution in [0.25, 0.3) is 11.1 Å². The van der Waals surface area contributed by atoms with E-state index in [9.17, 15) is 0 Å². The molecule has 1 nitrogen and oxygen atoms in total. The lowest BCUT2D eigenvalue weighted by molar-refractivity contribution is 0.922. The first kappa shape index (κ1) is 11.8. The summed E-state index contributed by atoms with van der Waals surface area (Å²) in [4.78, 5) is 4.31. The molecule has 0 spiro atoms. The monoisotopic (exact) mass is 225 g/mol. The number of benzene rings is 1. The molecule has 2 aromatic rings. The van der Waals surface area contributed by atoms with E-state index in [-0.39, 0.29) is 0 Å². The molecule has 1 aromatic carbocycles. The predicted octanol–water partition coefficient (Wildman–Crippen LogP) is 4.32. The first-order valence-corrected chi connectivity index (χ1v) is 6.24. The average Bonchev–Trinajstić information content (AvgIpc) is 2.34. The molecular formula is C16H19N. The van der Waals surface area contributed by atoms with Gasteiger partial charge >= 0.3 is 0 Å². The Balaban J connectivity index is 2.36. The van der Waals surface area contributed by atoms with E-state index in [1.54, 1.807) is 0 Å². The Labute approximate surface area is 104 Å². The van der Waals surface area contributed by atoms with Gasteiger partial charge in [-0.05, 0) is 48.6 Å². The maximum absolute atomic E-state index is 4.31. The number of nitrogens with zero attached hydrogens (tertiary/aromatic N) is 1. The zero-order valence-electron chi connectivity index (χ0n) is 10.8. The van der Waals surface area contributed by atoms with Crippen LogP contribution in [-0.2, 0) is 6.42 Å². The van der Waals surface area contributed by atoms with Gasteiger partial charge in [0.05, 0.1) is 0 Å². The molecule has 88 valence electrons. The van der Waals surface area contributed by atoms with E-state index in [0.717, 1.165) is 12.1 Å². The summed E-state index contributed by atoms with van der Waals surface area (Å²) in [7, 11) is 0. The van der Waals surface area contributed by atoms with Crippen molar-refractivity contribution in [3.8, 4) is 11.1 Å². The van der Waals surface area contributed by atoms with Crippen LogP contribution in [-0.4, -0.2) is 4.98 Å². The molecule has 0 radical (unpaired) electrons. The molecule has 0 N–H and O–H groups in total. The zero-order valence-corrected chi connectivity index (χ0v) is 10.8. The Hall–Kier alpha value is -1.63. The van der Waals surface area contributed by atoms with Gasteiger partial charge in [0.1, 0.15) is 0 Å². The lowest BCUT2D eigenvalue weighted by Crippen LogP contribution is -1.91. The molecule has 0 aliphatic carbocycles. The highest BCUT2D eigenvalue weighted by atomic mass is 14.7. The van der Waals surface area contributed by atoms with Crippen LogP contribution in [0.1, 0.15) is 30.2 Å². The lowest BCUT2D eigenvalue weighted by atomic mass is 9.98. The van der Waals surface area contributed by atoms with Crippen LogP contribution in [0, 0.1) is 13.8 Å². The quantitative estimate of drug-likeness (QED) is 0.758. The van der Waals surface area contributed by atoms with Crippen molar-refractivity contribution in [2.24, 2.45) is 0 Å². The summed E-state index contributed by atoms with van der Waals surface area (Å²) < 4.78 is 0. The first-order chi connectivity index (χ1) is 8.22. The van der Waals surface area contributed by atoms with Gasteiger partial charge in [0.2, 0.25) is 0 Å². The third-order valence-corrected chi connectivity index (χ3v) is 3.26. The minimum Gasteiger partial charge on any atom is -0.261 e. The van der Waals surface area contributed by atoms with Gasteiger partial charge in [-0.15, -0.1) is 0 Å². The van der Waals surface area contributed by atoms with Gasteiger partial charge < -0.3 is 0 Å². The Morgan fingerprint density at radius 1 is 1.00 bits per heavy atom. The molecule has 0 saturated carbocycles. The molecule has 0 unspecified atom stereocenters. The maximum atomic E-state index is 4.31. The van der Waals surface area contributed by atoms with E-state index in [1.807, 2.05) is 6.20 Å². The van der Waals surface area contributed by atoms with Crippen molar-refractivity contribution >= 4 is 0 Å². The van der Waals surface area contributed by atoms with Crippen LogP contribution in [0.5, 0.6) is 0 Å². The molecule has 0 aliphatic heterocycles. The van der Waals surface area contributed by atoms with E-state index in [0.29, 0.717) is 0 Å². The van der Waals surface area contributed by atoms with Crippen LogP contribution >= 0.6 is 0 Å². The summed E-state index contributed by atoms with van der Waals surface area (Å²) in [5.74, 6) is 0. The van der Waals surface area contributed by atoms with E-state index >= 15 is 0 Å². The number of aromatic nitrogens is 1. The predicted molar refractivity (Wildman–Crippen MR) is 73.1 cm³/mol. The topological polar surface area (TPSA) is 12.9 Å². The molecule has 0 amide bonds. The second kappa shape index (κ2) is 5.13. The van der Waals surface area contributed by atoms with Crippen LogP contribution < -0.4 is 0 Å². The summed E-state index contributed by atoms with van der Waals surface area (Å²) in [6.07, 6.45) is 4.25. The van der Waals surface area contributed by atoms with E-state index in [1.165, 1.54) is 28.7 Å². The fourth-order valence-corrected chi connectivity index (χ4v) is 2.09. The molecular weight excluding hydrogens is 206 g/mol. The van der Waals surface area contributed by atoms with Crippen molar-refractivity contribution in [2.45, 2.75) is 33.6 Å².